The van der Waals surface area contributed by atoms with E-state index < -0.39 is 15.1 Å². The monoisotopic (exact) mass is 406 g/mol. The van der Waals surface area contributed by atoms with Gasteiger partial charge in [0.1, 0.15) is 5.69 Å². The van der Waals surface area contributed by atoms with Gasteiger partial charge in [0, 0.05) is 5.38 Å². The fraction of sp³-hybridized carbons (Fsp3) is 0.294. The third kappa shape index (κ3) is 4.40. The summed E-state index contributed by atoms with van der Waals surface area (Å²) in [7, 11) is -3.33. The van der Waals surface area contributed by atoms with E-state index in [-0.39, 0.29) is 29.1 Å². The van der Waals surface area contributed by atoms with E-state index in [0.29, 0.717) is 11.3 Å². The van der Waals surface area contributed by atoms with Crippen molar-refractivity contribution in [3.05, 3.63) is 40.2 Å². The van der Waals surface area contributed by atoms with Crippen LogP contribution < -0.4 is 5.32 Å². The SMILES string of the molecule is Cc1nc(-c2nnc(NC(=O)Cc3ccc(S(=O)(=O)C(C)C)cc3)o2)cs1. The number of sulfone groups is 1. The zero-order valence-corrected chi connectivity index (χ0v) is 16.6. The largest absolute Gasteiger partial charge is 0.401 e. The summed E-state index contributed by atoms with van der Waals surface area (Å²) >= 11 is 1.46. The Labute approximate surface area is 160 Å². The van der Waals surface area contributed by atoms with Crippen LogP contribution in [0, 0.1) is 6.92 Å². The molecule has 0 atom stereocenters. The molecule has 27 heavy (non-hydrogen) atoms. The summed E-state index contributed by atoms with van der Waals surface area (Å²) in [4.78, 5) is 16.6. The summed E-state index contributed by atoms with van der Waals surface area (Å²) in [6.07, 6.45) is 0.0511. The minimum atomic E-state index is -3.33. The van der Waals surface area contributed by atoms with Crippen LogP contribution in [-0.4, -0.2) is 34.8 Å². The molecule has 0 fully saturated rings. The molecular formula is C17H18N4O4S2. The van der Waals surface area contributed by atoms with Gasteiger partial charge in [-0.05, 0) is 38.5 Å². The molecule has 0 aliphatic carbocycles. The molecule has 0 bridgehead atoms. The van der Waals surface area contributed by atoms with Gasteiger partial charge in [0.15, 0.2) is 9.84 Å². The molecule has 0 radical (unpaired) electrons. The number of anilines is 1. The molecule has 8 nitrogen and oxygen atoms in total. The summed E-state index contributed by atoms with van der Waals surface area (Å²) in [5.41, 5.74) is 1.23. The van der Waals surface area contributed by atoms with Gasteiger partial charge in [0.05, 0.1) is 21.6 Å². The zero-order chi connectivity index (χ0) is 19.6. The van der Waals surface area contributed by atoms with Crippen LogP contribution in [0.15, 0.2) is 39.0 Å². The predicted octanol–water partition coefficient (Wildman–Crippen LogP) is 2.86. The van der Waals surface area contributed by atoms with Crippen molar-refractivity contribution in [2.24, 2.45) is 0 Å². The highest BCUT2D eigenvalue weighted by Crippen LogP contribution is 2.22. The molecule has 2 aromatic heterocycles. The molecule has 0 aliphatic rings. The van der Waals surface area contributed by atoms with Crippen LogP contribution in [-0.2, 0) is 21.1 Å². The third-order valence-electron chi connectivity index (χ3n) is 3.75. The molecule has 0 saturated heterocycles. The maximum Gasteiger partial charge on any atom is 0.322 e. The Hall–Kier alpha value is -2.59. The average molecular weight is 406 g/mol. The second kappa shape index (κ2) is 7.57. The maximum absolute atomic E-state index is 12.2. The second-order valence-electron chi connectivity index (χ2n) is 6.13. The molecule has 142 valence electrons. The van der Waals surface area contributed by atoms with Crippen molar-refractivity contribution < 1.29 is 17.6 Å². The third-order valence-corrected chi connectivity index (χ3v) is 6.69. The fourth-order valence-corrected chi connectivity index (χ4v) is 3.90. The summed E-state index contributed by atoms with van der Waals surface area (Å²) in [6, 6.07) is 6.23. The molecule has 0 unspecified atom stereocenters. The molecule has 3 aromatic rings. The second-order valence-corrected chi connectivity index (χ2v) is 9.69. The zero-order valence-electron chi connectivity index (χ0n) is 15.0. The first-order valence-corrected chi connectivity index (χ1v) is 10.6. The summed E-state index contributed by atoms with van der Waals surface area (Å²) in [6.45, 7) is 5.12. The Morgan fingerprint density at radius 2 is 1.93 bits per heavy atom. The highest BCUT2D eigenvalue weighted by Gasteiger charge is 2.19. The Kier molecular flexibility index (Phi) is 5.38. The lowest BCUT2D eigenvalue weighted by atomic mass is 10.1. The Bertz CT molecular complexity index is 1050. The molecule has 1 N–H and O–H groups in total. The van der Waals surface area contributed by atoms with Gasteiger partial charge in [-0.1, -0.05) is 17.2 Å². The standard InChI is InChI=1S/C17H18N4O4S2/c1-10(2)27(23,24)13-6-4-12(5-7-13)8-15(22)19-17-21-20-16(25-17)14-9-26-11(3)18-14/h4-7,9-10H,8H2,1-3H3,(H,19,21,22). The number of thiazole rings is 1. The fourth-order valence-electron chi connectivity index (χ4n) is 2.26. The highest BCUT2D eigenvalue weighted by molar-refractivity contribution is 7.92. The van der Waals surface area contributed by atoms with E-state index in [9.17, 15) is 13.2 Å². The van der Waals surface area contributed by atoms with Gasteiger partial charge in [-0.15, -0.1) is 16.4 Å². The van der Waals surface area contributed by atoms with Crippen molar-refractivity contribution >= 4 is 33.1 Å². The van der Waals surface area contributed by atoms with E-state index in [1.807, 2.05) is 6.92 Å². The van der Waals surface area contributed by atoms with Gasteiger partial charge >= 0.3 is 6.01 Å². The lowest BCUT2D eigenvalue weighted by Gasteiger charge is -2.08. The minimum absolute atomic E-state index is 0.0142. The maximum atomic E-state index is 12.2. The number of hydrogen-bond donors (Lipinski definition) is 1. The number of aryl methyl sites for hydroxylation is 1. The van der Waals surface area contributed by atoms with Crippen molar-refractivity contribution in [3.63, 3.8) is 0 Å². The molecule has 1 aromatic carbocycles. The molecule has 3 rings (SSSR count). The summed E-state index contributed by atoms with van der Waals surface area (Å²) in [5.74, 6) is -0.114. The van der Waals surface area contributed by atoms with Gasteiger partial charge in [0.25, 0.3) is 5.89 Å². The van der Waals surface area contributed by atoms with E-state index in [4.69, 9.17) is 4.42 Å². The van der Waals surface area contributed by atoms with Crippen LogP contribution in [0.3, 0.4) is 0 Å². The first-order valence-electron chi connectivity index (χ1n) is 8.14. The molecule has 0 spiro atoms. The van der Waals surface area contributed by atoms with Crippen molar-refractivity contribution in [2.45, 2.75) is 37.3 Å². The van der Waals surface area contributed by atoms with E-state index in [2.05, 4.69) is 20.5 Å². The molecule has 10 heteroatoms. The Balaban J connectivity index is 1.64. The number of nitrogens with zero attached hydrogens (tertiary/aromatic N) is 3. The van der Waals surface area contributed by atoms with Gasteiger partial charge in [-0.3, -0.25) is 10.1 Å². The van der Waals surface area contributed by atoms with E-state index >= 15 is 0 Å². The van der Waals surface area contributed by atoms with E-state index in [0.717, 1.165) is 5.01 Å². The van der Waals surface area contributed by atoms with Crippen molar-refractivity contribution in [3.8, 4) is 11.6 Å². The average Bonchev–Trinajstić information content (AvgIpc) is 3.24. The van der Waals surface area contributed by atoms with Crippen LogP contribution in [0.4, 0.5) is 6.01 Å². The van der Waals surface area contributed by atoms with Crippen LogP contribution >= 0.6 is 11.3 Å². The lowest BCUT2D eigenvalue weighted by Crippen LogP contribution is -2.16. The predicted molar refractivity (Wildman–Crippen MR) is 101 cm³/mol. The first kappa shape index (κ1) is 19.2. The van der Waals surface area contributed by atoms with Gasteiger partial charge in [0.2, 0.25) is 5.91 Å². The Morgan fingerprint density at radius 3 is 2.52 bits per heavy atom. The van der Waals surface area contributed by atoms with Gasteiger partial charge in [-0.25, -0.2) is 13.4 Å². The number of hydrogen-bond acceptors (Lipinski definition) is 8. The van der Waals surface area contributed by atoms with Gasteiger partial charge in [-0.2, -0.15) is 0 Å². The number of nitrogens with one attached hydrogen (secondary N) is 1. The van der Waals surface area contributed by atoms with Crippen LogP contribution in [0.2, 0.25) is 0 Å². The normalized spacial score (nSPS) is 11.7. The number of benzene rings is 1. The summed E-state index contributed by atoms with van der Waals surface area (Å²) in [5, 5.41) is 12.3. The number of carbonyl (C=O) groups is 1. The van der Waals surface area contributed by atoms with Crippen LogP contribution in [0.25, 0.3) is 11.6 Å². The van der Waals surface area contributed by atoms with Crippen LogP contribution in [0.1, 0.15) is 24.4 Å². The van der Waals surface area contributed by atoms with Crippen molar-refractivity contribution in [1.29, 1.82) is 0 Å². The quantitative estimate of drug-likeness (QED) is 0.669. The number of aromatic nitrogens is 3. The first-order chi connectivity index (χ1) is 12.8. The van der Waals surface area contributed by atoms with E-state index in [1.54, 1.807) is 31.4 Å². The smallest absolute Gasteiger partial charge is 0.322 e. The molecule has 0 saturated carbocycles. The number of carbonyl (C=O) groups excluding carboxylic acids is 1. The van der Waals surface area contributed by atoms with Crippen molar-refractivity contribution in [2.75, 3.05) is 5.32 Å². The molecule has 0 aliphatic heterocycles. The molecule has 1 amide bonds. The number of rotatable bonds is 6. The lowest BCUT2D eigenvalue weighted by molar-refractivity contribution is -0.115. The summed E-state index contributed by atoms with van der Waals surface area (Å²) < 4.78 is 29.6. The number of amides is 1. The highest BCUT2D eigenvalue weighted by atomic mass is 32.2. The van der Waals surface area contributed by atoms with Gasteiger partial charge < -0.3 is 4.42 Å². The van der Waals surface area contributed by atoms with Crippen molar-refractivity contribution in [1.82, 2.24) is 15.2 Å². The minimum Gasteiger partial charge on any atom is -0.401 e. The van der Waals surface area contributed by atoms with Crippen LogP contribution in [0.5, 0.6) is 0 Å². The van der Waals surface area contributed by atoms with E-state index in [1.165, 1.54) is 23.5 Å². The molecule has 2 heterocycles. The molecular weight excluding hydrogens is 388 g/mol. The topological polar surface area (TPSA) is 115 Å². The Morgan fingerprint density at radius 1 is 1.22 bits per heavy atom.